The number of nitrogens with one attached hydrogen (secondary N) is 2. The van der Waals surface area contributed by atoms with E-state index < -0.39 is 0 Å². The van der Waals surface area contributed by atoms with Crippen LogP contribution in [0.3, 0.4) is 0 Å². The summed E-state index contributed by atoms with van der Waals surface area (Å²) in [6.07, 6.45) is 4.67. The molecule has 0 unspecified atom stereocenters. The van der Waals surface area contributed by atoms with Crippen molar-refractivity contribution in [1.29, 1.82) is 0 Å². The molecule has 2 rings (SSSR count). The number of carbonyl (C=O) groups excluding carboxylic acids is 1. The standard InChI is InChI=1S/C15H20N4O/c1-16-15(20)13-5-3-12(4-6-13)11-17-8-7-14-18-9-10-19(14)2/h3-6,9-10,17H,7-8,11H2,1-2H3,(H,16,20). The van der Waals surface area contributed by atoms with E-state index in [9.17, 15) is 4.79 Å². The largest absolute Gasteiger partial charge is 0.355 e. The van der Waals surface area contributed by atoms with Crippen LogP contribution >= 0.6 is 0 Å². The highest BCUT2D eigenvalue weighted by molar-refractivity contribution is 5.93. The second-order valence-electron chi connectivity index (χ2n) is 4.66. The van der Waals surface area contributed by atoms with Crippen LogP contribution in [0.15, 0.2) is 36.7 Å². The first-order valence-electron chi connectivity index (χ1n) is 6.68. The normalized spacial score (nSPS) is 10.5. The number of hydrogen-bond donors (Lipinski definition) is 2. The fourth-order valence-electron chi connectivity index (χ4n) is 1.99. The van der Waals surface area contributed by atoms with E-state index in [0.717, 1.165) is 30.9 Å². The Balaban J connectivity index is 1.77. The summed E-state index contributed by atoms with van der Waals surface area (Å²) < 4.78 is 2.03. The molecule has 0 bridgehead atoms. The van der Waals surface area contributed by atoms with Gasteiger partial charge in [0, 0.05) is 51.6 Å². The van der Waals surface area contributed by atoms with Gasteiger partial charge in [-0.3, -0.25) is 4.79 Å². The second-order valence-corrected chi connectivity index (χ2v) is 4.66. The molecule has 0 saturated carbocycles. The van der Waals surface area contributed by atoms with Gasteiger partial charge in [0.2, 0.25) is 0 Å². The number of amides is 1. The second kappa shape index (κ2) is 6.86. The fraction of sp³-hybridized carbons (Fsp3) is 0.333. The van der Waals surface area contributed by atoms with Gasteiger partial charge in [-0.1, -0.05) is 12.1 Å². The first-order valence-corrected chi connectivity index (χ1v) is 6.68. The Kier molecular flexibility index (Phi) is 4.90. The van der Waals surface area contributed by atoms with Crippen molar-refractivity contribution in [1.82, 2.24) is 20.2 Å². The molecule has 20 heavy (non-hydrogen) atoms. The summed E-state index contributed by atoms with van der Waals surface area (Å²) in [7, 11) is 3.63. The lowest BCUT2D eigenvalue weighted by Gasteiger charge is -2.06. The first kappa shape index (κ1) is 14.3. The van der Waals surface area contributed by atoms with Crippen molar-refractivity contribution in [2.75, 3.05) is 13.6 Å². The predicted octanol–water partition coefficient (Wildman–Crippen LogP) is 1.11. The quantitative estimate of drug-likeness (QED) is 0.775. The molecule has 1 heterocycles. The lowest BCUT2D eigenvalue weighted by Crippen LogP contribution is -2.19. The molecule has 106 valence electrons. The third-order valence-electron chi connectivity index (χ3n) is 3.22. The Labute approximate surface area is 119 Å². The number of benzene rings is 1. The summed E-state index contributed by atoms with van der Waals surface area (Å²) in [5, 5.41) is 5.99. The van der Waals surface area contributed by atoms with Crippen LogP contribution in [-0.4, -0.2) is 29.1 Å². The highest BCUT2D eigenvalue weighted by Gasteiger charge is 2.02. The molecule has 0 aliphatic heterocycles. The van der Waals surface area contributed by atoms with E-state index in [-0.39, 0.29) is 5.91 Å². The Bertz CT molecular complexity index is 560. The minimum absolute atomic E-state index is 0.0562. The first-order chi connectivity index (χ1) is 9.70. The zero-order chi connectivity index (χ0) is 14.4. The van der Waals surface area contributed by atoms with Crippen LogP contribution in [0.4, 0.5) is 0 Å². The number of nitrogens with zero attached hydrogens (tertiary/aromatic N) is 2. The van der Waals surface area contributed by atoms with Crippen LogP contribution in [0.25, 0.3) is 0 Å². The molecule has 0 fully saturated rings. The molecule has 0 saturated heterocycles. The fourth-order valence-corrected chi connectivity index (χ4v) is 1.99. The van der Waals surface area contributed by atoms with Crippen LogP contribution in [0.5, 0.6) is 0 Å². The molecule has 1 aromatic heterocycles. The molecule has 5 heteroatoms. The Morgan fingerprint density at radius 1 is 1.30 bits per heavy atom. The molecule has 1 amide bonds. The van der Waals surface area contributed by atoms with Crippen molar-refractivity contribution in [3.8, 4) is 0 Å². The van der Waals surface area contributed by atoms with Crippen LogP contribution in [0, 0.1) is 0 Å². The van der Waals surface area contributed by atoms with Crippen molar-refractivity contribution >= 4 is 5.91 Å². The monoisotopic (exact) mass is 272 g/mol. The highest BCUT2D eigenvalue weighted by Crippen LogP contribution is 2.04. The van der Waals surface area contributed by atoms with Gasteiger partial charge >= 0.3 is 0 Å². The highest BCUT2D eigenvalue weighted by atomic mass is 16.1. The van der Waals surface area contributed by atoms with Gasteiger partial charge < -0.3 is 15.2 Å². The van der Waals surface area contributed by atoms with E-state index in [1.807, 2.05) is 48.3 Å². The summed E-state index contributed by atoms with van der Waals surface area (Å²) in [5.74, 6) is 1.02. The number of hydrogen-bond acceptors (Lipinski definition) is 3. The molecule has 5 nitrogen and oxygen atoms in total. The SMILES string of the molecule is CNC(=O)c1ccc(CNCCc2nccn2C)cc1. The molecule has 0 aliphatic carbocycles. The minimum Gasteiger partial charge on any atom is -0.355 e. The summed E-state index contributed by atoms with van der Waals surface area (Å²) in [6, 6.07) is 7.62. The zero-order valence-electron chi connectivity index (χ0n) is 11.9. The van der Waals surface area contributed by atoms with E-state index in [1.165, 1.54) is 0 Å². The van der Waals surface area contributed by atoms with Gasteiger partial charge in [-0.05, 0) is 17.7 Å². The van der Waals surface area contributed by atoms with Crippen molar-refractivity contribution in [2.24, 2.45) is 7.05 Å². The third-order valence-corrected chi connectivity index (χ3v) is 3.22. The summed E-state index contributed by atoms with van der Waals surface area (Å²) in [4.78, 5) is 15.7. The number of carbonyl (C=O) groups is 1. The summed E-state index contributed by atoms with van der Waals surface area (Å²) in [6.45, 7) is 1.67. The molecule has 2 aromatic rings. The smallest absolute Gasteiger partial charge is 0.251 e. The van der Waals surface area contributed by atoms with Gasteiger partial charge in [0.05, 0.1) is 0 Å². The van der Waals surface area contributed by atoms with Crippen molar-refractivity contribution < 1.29 is 4.79 Å². The minimum atomic E-state index is -0.0562. The Morgan fingerprint density at radius 3 is 2.65 bits per heavy atom. The Morgan fingerprint density at radius 2 is 2.05 bits per heavy atom. The average Bonchev–Trinajstić information content (AvgIpc) is 2.89. The Hall–Kier alpha value is -2.14. The van der Waals surface area contributed by atoms with E-state index in [4.69, 9.17) is 0 Å². The number of imidazole rings is 1. The molecule has 0 aliphatic rings. The molecule has 0 radical (unpaired) electrons. The molecular weight excluding hydrogens is 252 g/mol. The molecule has 1 aromatic carbocycles. The molecule has 0 atom stereocenters. The number of aryl methyl sites for hydroxylation is 1. The maximum absolute atomic E-state index is 11.4. The van der Waals surface area contributed by atoms with Crippen LogP contribution in [0.2, 0.25) is 0 Å². The van der Waals surface area contributed by atoms with Crippen LogP contribution < -0.4 is 10.6 Å². The van der Waals surface area contributed by atoms with Crippen LogP contribution in [-0.2, 0) is 20.0 Å². The summed E-state index contributed by atoms with van der Waals surface area (Å²) >= 11 is 0. The number of rotatable bonds is 6. The van der Waals surface area contributed by atoms with Crippen molar-refractivity contribution in [2.45, 2.75) is 13.0 Å². The van der Waals surface area contributed by atoms with Crippen LogP contribution in [0.1, 0.15) is 21.7 Å². The topological polar surface area (TPSA) is 59.0 Å². The lowest BCUT2D eigenvalue weighted by molar-refractivity contribution is 0.0963. The van der Waals surface area contributed by atoms with Gasteiger partial charge in [-0.2, -0.15) is 0 Å². The average molecular weight is 272 g/mol. The third kappa shape index (κ3) is 3.68. The van der Waals surface area contributed by atoms with Crippen molar-refractivity contribution in [3.63, 3.8) is 0 Å². The molecule has 0 spiro atoms. The number of aromatic nitrogens is 2. The van der Waals surface area contributed by atoms with Gasteiger partial charge in [-0.15, -0.1) is 0 Å². The van der Waals surface area contributed by atoms with Gasteiger partial charge in [0.25, 0.3) is 5.91 Å². The zero-order valence-corrected chi connectivity index (χ0v) is 11.9. The molecule has 2 N–H and O–H groups in total. The maximum atomic E-state index is 11.4. The van der Waals surface area contributed by atoms with E-state index >= 15 is 0 Å². The van der Waals surface area contributed by atoms with Gasteiger partial charge in [-0.25, -0.2) is 4.98 Å². The van der Waals surface area contributed by atoms with Crippen molar-refractivity contribution in [3.05, 3.63) is 53.6 Å². The molecular formula is C15H20N4O. The summed E-state index contributed by atoms with van der Waals surface area (Å²) in [5.41, 5.74) is 1.85. The van der Waals surface area contributed by atoms with E-state index in [1.54, 1.807) is 7.05 Å². The van der Waals surface area contributed by atoms with E-state index in [0.29, 0.717) is 5.56 Å². The maximum Gasteiger partial charge on any atom is 0.251 e. The van der Waals surface area contributed by atoms with Gasteiger partial charge in [0.15, 0.2) is 0 Å². The lowest BCUT2D eigenvalue weighted by atomic mass is 10.1. The predicted molar refractivity (Wildman–Crippen MR) is 78.5 cm³/mol. The van der Waals surface area contributed by atoms with E-state index in [2.05, 4.69) is 15.6 Å². The van der Waals surface area contributed by atoms with Gasteiger partial charge in [0.1, 0.15) is 5.82 Å².